The normalized spacial score (nSPS) is 12.1. The van der Waals surface area contributed by atoms with E-state index in [9.17, 15) is 4.79 Å². The summed E-state index contributed by atoms with van der Waals surface area (Å²) in [6.07, 6.45) is 0. The van der Waals surface area contributed by atoms with Gasteiger partial charge in [-0.3, -0.25) is 0 Å². The van der Waals surface area contributed by atoms with Crippen LogP contribution in [0.1, 0.15) is 34.0 Å². The minimum atomic E-state index is -0.987. The Morgan fingerprint density at radius 3 is 2.90 bits per heavy atom. The number of carboxylic acid groups (broad SMARTS) is 1. The quantitative estimate of drug-likeness (QED) is 0.856. The number of methoxy groups -OCH3 is 1. The zero-order valence-corrected chi connectivity index (χ0v) is 12.1. The highest BCUT2D eigenvalue weighted by Crippen LogP contribution is 2.24. The van der Waals surface area contributed by atoms with Gasteiger partial charge in [-0.15, -0.1) is 11.3 Å². The van der Waals surface area contributed by atoms with E-state index in [1.54, 1.807) is 12.5 Å². The van der Waals surface area contributed by atoms with Crippen LogP contribution in [0.15, 0.2) is 29.6 Å². The number of para-hydroxylation sites is 1. The predicted octanol–water partition coefficient (Wildman–Crippen LogP) is 2.70. The molecule has 5 nitrogen and oxygen atoms in total. The highest BCUT2D eigenvalue weighted by atomic mass is 32.1. The molecule has 0 amide bonds. The Kier molecular flexibility index (Phi) is 4.70. The Bertz CT molecular complexity index is 598. The van der Waals surface area contributed by atoms with Gasteiger partial charge in [-0.05, 0) is 13.0 Å². The second-order valence-corrected chi connectivity index (χ2v) is 5.15. The summed E-state index contributed by atoms with van der Waals surface area (Å²) in [6, 6.07) is 7.89. The van der Waals surface area contributed by atoms with Crippen molar-refractivity contribution in [3.8, 4) is 5.75 Å². The fourth-order valence-electron chi connectivity index (χ4n) is 1.88. The maximum Gasteiger partial charge on any atom is 0.365 e. The van der Waals surface area contributed by atoms with Crippen molar-refractivity contribution in [2.75, 3.05) is 7.11 Å². The van der Waals surface area contributed by atoms with Crippen molar-refractivity contribution in [1.82, 2.24) is 10.3 Å². The highest BCUT2D eigenvalue weighted by Gasteiger charge is 2.12. The lowest BCUT2D eigenvalue weighted by Gasteiger charge is -2.16. The molecule has 1 aromatic heterocycles. The van der Waals surface area contributed by atoms with Crippen LogP contribution >= 0.6 is 11.3 Å². The predicted molar refractivity (Wildman–Crippen MR) is 77.3 cm³/mol. The number of aromatic nitrogens is 1. The molecule has 0 saturated carbocycles. The third-order valence-corrected chi connectivity index (χ3v) is 3.81. The van der Waals surface area contributed by atoms with Crippen molar-refractivity contribution in [3.05, 3.63) is 45.9 Å². The number of nitrogens with zero attached hydrogens (tertiary/aromatic N) is 1. The molecule has 1 atom stereocenters. The summed E-state index contributed by atoms with van der Waals surface area (Å²) < 4.78 is 5.32. The van der Waals surface area contributed by atoms with Crippen molar-refractivity contribution in [1.29, 1.82) is 0 Å². The average molecular weight is 292 g/mol. The molecule has 1 aromatic carbocycles. The number of aromatic carboxylic acids is 1. The Morgan fingerprint density at radius 1 is 1.50 bits per heavy atom. The van der Waals surface area contributed by atoms with Gasteiger partial charge in [0.25, 0.3) is 0 Å². The Labute approximate surface area is 121 Å². The fourth-order valence-corrected chi connectivity index (χ4v) is 2.53. The SMILES string of the molecule is COc1ccccc1[C@H](C)NCc1csc(C(=O)O)n1. The number of carboxylic acids is 1. The lowest BCUT2D eigenvalue weighted by molar-refractivity contribution is 0.0696. The molecule has 0 aliphatic carbocycles. The third-order valence-electron chi connectivity index (χ3n) is 2.93. The first-order valence-electron chi connectivity index (χ1n) is 6.15. The summed E-state index contributed by atoms with van der Waals surface area (Å²) in [6.45, 7) is 2.55. The molecule has 0 aliphatic rings. The number of nitrogens with one attached hydrogen (secondary N) is 1. The van der Waals surface area contributed by atoms with Gasteiger partial charge in [0.05, 0.1) is 12.8 Å². The molecule has 2 N–H and O–H groups in total. The summed E-state index contributed by atoms with van der Waals surface area (Å²) in [5.74, 6) is -0.156. The van der Waals surface area contributed by atoms with Gasteiger partial charge < -0.3 is 15.2 Å². The molecule has 0 saturated heterocycles. The van der Waals surface area contributed by atoms with Gasteiger partial charge in [0, 0.05) is 23.5 Å². The number of ether oxygens (including phenoxy) is 1. The van der Waals surface area contributed by atoms with Crippen molar-refractivity contribution in [2.24, 2.45) is 0 Å². The average Bonchev–Trinajstić information content (AvgIpc) is 2.94. The molecule has 106 valence electrons. The molecule has 2 rings (SSSR count). The zero-order valence-electron chi connectivity index (χ0n) is 11.3. The van der Waals surface area contributed by atoms with Gasteiger partial charge in [-0.1, -0.05) is 18.2 Å². The first kappa shape index (κ1) is 14.5. The lowest BCUT2D eigenvalue weighted by atomic mass is 10.1. The van der Waals surface area contributed by atoms with Crippen LogP contribution in [0.3, 0.4) is 0 Å². The molecule has 0 bridgehead atoms. The van der Waals surface area contributed by atoms with Crippen molar-refractivity contribution < 1.29 is 14.6 Å². The van der Waals surface area contributed by atoms with Crippen LogP contribution in [-0.4, -0.2) is 23.2 Å². The fraction of sp³-hybridized carbons (Fsp3) is 0.286. The van der Waals surface area contributed by atoms with E-state index in [1.165, 1.54) is 0 Å². The molecule has 6 heteroatoms. The lowest BCUT2D eigenvalue weighted by Crippen LogP contribution is -2.19. The van der Waals surface area contributed by atoms with Gasteiger partial charge in [0.15, 0.2) is 0 Å². The van der Waals surface area contributed by atoms with Crippen LogP contribution in [-0.2, 0) is 6.54 Å². The van der Waals surface area contributed by atoms with Crippen LogP contribution < -0.4 is 10.1 Å². The number of thiazole rings is 1. The smallest absolute Gasteiger partial charge is 0.365 e. The molecule has 0 aliphatic heterocycles. The van der Waals surface area contributed by atoms with Crippen molar-refractivity contribution in [2.45, 2.75) is 19.5 Å². The van der Waals surface area contributed by atoms with Crippen LogP contribution in [0.2, 0.25) is 0 Å². The number of hydrogen-bond donors (Lipinski definition) is 2. The molecule has 0 unspecified atom stereocenters. The second-order valence-electron chi connectivity index (χ2n) is 4.29. The van der Waals surface area contributed by atoms with Crippen LogP contribution in [0.5, 0.6) is 5.75 Å². The molecular weight excluding hydrogens is 276 g/mol. The summed E-state index contributed by atoms with van der Waals surface area (Å²) >= 11 is 1.14. The van der Waals surface area contributed by atoms with Gasteiger partial charge in [0.1, 0.15) is 5.75 Å². The maximum atomic E-state index is 10.8. The Balaban J connectivity index is 2.00. The first-order valence-corrected chi connectivity index (χ1v) is 7.03. The van der Waals surface area contributed by atoms with Crippen LogP contribution in [0.4, 0.5) is 0 Å². The molecule has 0 spiro atoms. The molecule has 20 heavy (non-hydrogen) atoms. The summed E-state index contributed by atoms with van der Waals surface area (Å²) in [4.78, 5) is 14.8. The van der Waals surface area contributed by atoms with Crippen LogP contribution in [0, 0.1) is 0 Å². The van der Waals surface area contributed by atoms with Gasteiger partial charge >= 0.3 is 5.97 Å². The molecule has 1 heterocycles. The van der Waals surface area contributed by atoms with Gasteiger partial charge in [-0.25, -0.2) is 9.78 Å². The van der Waals surface area contributed by atoms with E-state index in [0.717, 1.165) is 28.3 Å². The minimum Gasteiger partial charge on any atom is -0.496 e. The topological polar surface area (TPSA) is 71.5 Å². The van der Waals surface area contributed by atoms with Gasteiger partial charge in [-0.2, -0.15) is 0 Å². The van der Waals surface area contributed by atoms with E-state index >= 15 is 0 Å². The van der Waals surface area contributed by atoms with E-state index in [1.807, 2.05) is 31.2 Å². The summed E-state index contributed by atoms with van der Waals surface area (Å²) in [5.41, 5.74) is 1.79. The van der Waals surface area contributed by atoms with Crippen molar-refractivity contribution in [3.63, 3.8) is 0 Å². The number of benzene rings is 1. The van der Waals surface area contributed by atoms with E-state index in [-0.39, 0.29) is 11.0 Å². The molecule has 0 fully saturated rings. The monoisotopic (exact) mass is 292 g/mol. The second kappa shape index (κ2) is 6.49. The van der Waals surface area contributed by atoms with E-state index < -0.39 is 5.97 Å². The minimum absolute atomic E-state index is 0.0844. The number of rotatable bonds is 6. The van der Waals surface area contributed by atoms with E-state index in [2.05, 4.69) is 10.3 Å². The highest BCUT2D eigenvalue weighted by molar-refractivity contribution is 7.11. The van der Waals surface area contributed by atoms with E-state index in [0.29, 0.717) is 6.54 Å². The first-order chi connectivity index (χ1) is 9.61. The third kappa shape index (κ3) is 3.34. The Morgan fingerprint density at radius 2 is 2.25 bits per heavy atom. The van der Waals surface area contributed by atoms with Crippen molar-refractivity contribution >= 4 is 17.3 Å². The number of hydrogen-bond acceptors (Lipinski definition) is 5. The molecular formula is C14H16N2O3S. The molecule has 0 radical (unpaired) electrons. The number of carbonyl (C=O) groups is 1. The van der Waals surface area contributed by atoms with Crippen LogP contribution in [0.25, 0.3) is 0 Å². The van der Waals surface area contributed by atoms with Gasteiger partial charge in [0.2, 0.25) is 5.01 Å². The largest absolute Gasteiger partial charge is 0.496 e. The standard InChI is InChI=1S/C14H16N2O3S/c1-9(11-5-3-4-6-12(11)19-2)15-7-10-8-20-13(16-10)14(17)18/h3-6,8-9,15H,7H2,1-2H3,(H,17,18)/t9-/m0/s1. The zero-order chi connectivity index (χ0) is 14.5. The van der Waals surface area contributed by atoms with E-state index in [4.69, 9.17) is 9.84 Å². The molecule has 2 aromatic rings. The summed E-state index contributed by atoms with van der Waals surface area (Å²) in [7, 11) is 1.64. The maximum absolute atomic E-state index is 10.8. The Hall–Kier alpha value is -1.92. The summed E-state index contributed by atoms with van der Waals surface area (Å²) in [5, 5.41) is 14.0.